The molecule has 2 aromatic carbocycles. The third-order valence-corrected chi connectivity index (χ3v) is 3.16. The van der Waals surface area contributed by atoms with E-state index >= 15 is 0 Å². The zero-order chi connectivity index (χ0) is 18.2. The van der Waals surface area contributed by atoms with E-state index in [0.717, 1.165) is 18.2 Å². The topological polar surface area (TPSA) is 29.5 Å². The molecule has 0 amide bonds. The minimum Gasteiger partial charge on any atom is -0.406 e. The Morgan fingerprint density at radius 2 is 1.38 bits per heavy atom. The predicted molar refractivity (Wildman–Crippen MR) is 68.6 cm³/mol. The Labute approximate surface area is 131 Å². The third kappa shape index (κ3) is 3.61. The van der Waals surface area contributed by atoms with E-state index in [9.17, 15) is 35.8 Å². The van der Waals surface area contributed by atoms with E-state index in [0.29, 0.717) is 30.3 Å². The second-order valence-electron chi connectivity index (χ2n) is 4.79. The molecule has 0 spiro atoms. The van der Waals surface area contributed by atoms with Gasteiger partial charge in [-0.2, -0.15) is 13.2 Å². The van der Waals surface area contributed by atoms with E-state index in [1.807, 2.05) is 0 Å². The highest BCUT2D eigenvalue weighted by atomic mass is 19.4. The van der Waals surface area contributed by atoms with E-state index < -0.39 is 40.8 Å². The summed E-state index contributed by atoms with van der Waals surface area (Å²) in [4.78, 5) is 0. The number of halogens is 7. The summed E-state index contributed by atoms with van der Waals surface area (Å²) in [6, 6.07) is 5.66. The van der Waals surface area contributed by atoms with Crippen LogP contribution in [0.1, 0.15) is 11.1 Å². The third-order valence-electron chi connectivity index (χ3n) is 3.16. The Bertz CT molecular complexity index is 707. The Morgan fingerprint density at radius 1 is 0.792 bits per heavy atom. The molecule has 0 aliphatic heterocycles. The highest BCUT2D eigenvalue weighted by Crippen LogP contribution is 2.45. The van der Waals surface area contributed by atoms with Crippen LogP contribution in [0.25, 0.3) is 0 Å². The average Bonchev–Trinajstić information content (AvgIpc) is 2.44. The summed E-state index contributed by atoms with van der Waals surface area (Å²) < 4.78 is 93.5. The zero-order valence-electron chi connectivity index (χ0n) is 11.6. The number of hydrogen-bond acceptors (Lipinski definition) is 2. The van der Waals surface area contributed by atoms with Gasteiger partial charge in [-0.3, -0.25) is 0 Å². The van der Waals surface area contributed by atoms with Gasteiger partial charge in [0.15, 0.2) is 0 Å². The Kier molecular flexibility index (Phi) is 4.49. The van der Waals surface area contributed by atoms with Crippen LogP contribution in [0.5, 0.6) is 5.75 Å². The van der Waals surface area contributed by atoms with E-state index in [-0.39, 0.29) is 0 Å². The number of benzene rings is 2. The molecular formula is C15H9F7O2. The van der Waals surface area contributed by atoms with Gasteiger partial charge >= 0.3 is 12.5 Å². The first-order valence-corrected chi connectivity index (χ1v) is 6.35. The van der Waals surface area contributed by atoms with Gasteiger partial charge in [-0.05, 0) is 29.8 Å². The average molecular weight is 354 g/mol. The minimum atomic E-state index is -5.28. The maximum absolute atomic E-state index is 13.4. The lowest BCUT2D eigenvalue weighted by Crippen LogP contribution is -2.43. The lowest BCUT2D eigenvalue weighted by atomic mass is 9.85. The van der Waals surface area contributed by atoms with Crippen LogP contribution in [-0.2, 0) is 5.60 Å². The van der Waals surface area contributed by atoms with Gasteiger partial charge in [0, 0.05) is 5.56 Å². The maximum Gasteiger partial charge on any atom is 0.573 e. The standard InChI is InChI=1S/C15H9F7O2/c16-11-6-4-9(5-7-11)13(23,14(17,18)19)10-2-1-3-12(8-10)24-15(20,21)22/h1-8,23H/t13-/m0/s1. The summed E-state index contributed by atoms with van der Waals surface area (Å²) in [5.41, 5.74) is -5.28. The summed E-state index contributed by atoms with van der Waals surface area (Å²) in [6.07, 6.45) is -10.4. The molecule has 2 nitrogen and oxygen atoms in total. The fourth-order valence-corrected chi connectivity index (χ4v) is 2.10. The molecule has 24 heavy (non-hydrogen) atoms. The molecular weight excluding hydrogens is 345 g/mol. The first-order chi connectivity index (χ1) is 10.9. The van der Waals surface area contributed by atoms with Crippen molar-refractivity contribution >= 4 is 0 Å². The second-order valence-corrected chi connectivity index (χ2v) is 4.79. The van der Waals surface area contributed by atoms with Crippen molar-refractivity contribution in [2.75, 3.05) is 0 Å². The molecule has 1 N–H and O–H groups in total. The second kappa shape index (κ2) is 5.97. The zero-order valence-corrected chi connectivity index (χ0v) is 11.6. The van der Waals surface area contributed by atoms with Crippen molar-refractivity contribution in [3.05, 3.63) is 65.5 Å². The first-order valence-electron chi connectivity index (χ1n) is 6.35. The fourth-order valence-electron chi connectivity index (χ4n) is 2.10. The quantitative estimate of drug-likeness (QED) is 0.821. The summed E-state index contributed by atoms with van der Waals surface area (Å²) in [5.74, 6) is -1.76. The van der Waals surface area contributed by atoms with E-state index in [4.69, 9.17) is 0 Å². The molecule has 2 rings (SSSR count). The maximum atomic E-state index is 13.4. The molecule has 0 saturated carbocycles. The van der Waals surface area contributed by atoms with Gasteiger partial charge in [0.25, 0.3) is 0 Å². The molecule has 0 unspecified atom stereocenters. The molecule has 0 heterocycles. The van der Waals surface area contributed by atoms with Gasteiger partial charge < -0.3 is 9.84 Å². The van der Waals surface area contributed by atoms with Crippen molar-refractivity contribution in [3.8, 4) is 5.75 Å². The van der Waals surface area contributed by atoms with Crippen LogP contribution in [0, 0.1) is 5.82 Å². The lowest BCUT2D eigenvalue weighted by molar-refractivity contribution is -0.274. The summed E-state index contributed by atoms with van der Waals surface area (Å²) in [7, 11) is 0. The molecule has 0 fully saturated rings. The van der Waals surface area contributed by atoms with Gasteiger partial charge in [0.2, 0.25) is 5.60 Å². The number of rotatable bonds is 3. The minimum absolute atomic E-state index is 0.421. The molecule has 0 bridgehead atoms. The first kappa shape index (κ1) is 18.1. The molecule has 2 aromatic rings. The molecule has 0 saturated heterocycles. The highest BCUT2D eigenvalue weighted by molar-refractivity contribution is 5.41. The largest absolute Gasteiger partial charge is 0.573 e. The lowest BCUT2D eigenvalue weighted by Gasteiger charge is -2.31. The summed E-state index contributed by atoms with van der Waals surface area (Å²) in [6.45, 7) is 0. The summed E-state index contributed by atoms with van der Waals surface area (Å²) in [5, 5.41) is 10.2. The van der Waals surface area contributed by atoms with Crippen molar-refractivity contribution in [2.24, 2.45) is 0 Å². The van der Waals surface area contributed by atoms with Crippen LogP contribution >= 0.6 is 0 Å². The fraction of sp³-hybridized carbons (Fsp3) is 0.200. The number of aliphatic hydroxyl groups is 1. The van der Waals surface area contributed by atoms with Gasteiger partial charge in [-0.1, -0.05) is 24.3 Å². The molecule has 0 aromatic heterocycles. The molecule has 9 heteroatoms. The molecule has 1 atom stereocenters. The monoisotopic (exact) mass is 354 g/mol. The smallest absolute Gasteiger partial charge is 0.406 e. The van der Waals surface area contributed by atoms with E-state index in [1.165, 1.54) is 0 Å². The molecule has 0 aliphatic rings. The number of alkyl halides is 6. The SMILES string of the molecule is O[C@@](c1ccc(F)cc1)(c1cccc(OC(F)(F)F)c1)C(F)(F)F. The van der Waals surface area contributed by atoms with Crippen LogP contribution < -0.4 is 4.74 Å². The van der Waals surface area contributed by atoms with Crippen molar-refractivity contribution in [1.82, 2.24) is 0 Å². The van der Waals surface area contributed by atoms with Crippen LogP contribution in [0.15, 0.2) is 48.5 Å². The van der Waals surface area contributed by atoms with E-state index in [1.54, 1.807) is 0 Å². The van der Waals surface area contributed by atoms with E-state index in [2.05, 4.69) is 4.74 Å². The Morgan fingerprint density at radius 3 is 1.88 bits per heavy atom. The number of hydrogen-bond donors (Lipinski definition) is 1. The normalized spacial score (nSPS) is 15.0. The van der Waals surface area contributed by atoms with Crippen molar-refractivity contribution in [2.45, 2.75) is 18.1 Å². The van der Waals surface area contributed by atoms with Gasteiger partial charge in [0.1, 0.15) is 11.6 Å². The van der Waals surface area contributed by atoms with Crippen LogP contribution in [0.3, 0.4) is 0 Å². The molecule has 0 aliphatic carbocycles. The number of ether oxygens (including phenoxy) is 1. The Balaban J connectivity index is 2.57. The van der Waals surface area contributed by atoms with Gasteiger partial charge in [-0.15, -0.1) is 13.2 Å². The van der Waals surface area contributed by atoms with Crippen LogP contribution in [0.2, 0.25) is 0 Å². The van der Waals surface area contributed by atoms with Crippen molar-refractivity contribution in [3.63, 3.8) is 0 Å². The summed E-state index contributed by atoms with van der Waals surface area (Å²) >= 11 is 0. The van der Waals surface area contributed by atoms with Crippen molar-refractivity contribution in [1.29, 1.82) is 0 Å². The van der Waals surface area contributed by atoms with Crippen molar-refractivity contribution < 1.29 is 40.6 Å². The van der Waals surface area contributed by atoms with Crippen LogP contribution in [0.4, 0.5) is 30.7 Å². The van der Waals surface area contributed by atoms with Gasteiger partial charge in [0.05, 0.1) is 0 Å². The Hall–Kier alpha value is -2.29. The van der Waals surface area contributed by atoms with Gasteiger partial charge in [-0.25, -0.2) is 4.39 Å². The predicted octanol–water partition coefficient (Wildman–Crippen LogP) is 4.52. The van der Waals surface area contributed by atoms with Crippen LogP contribution in [-0.4, -0.2) is 17.6 Å². The highest BCUT2D eigenvalue weighted by Gasteiger charge is 2.56. The molecule has 130 valence electrons. The molecule has 0 radical (unpaired) electrons.